The largest absolute Gasteiger partial charge is 0.297 e. The Hall–Kier alpha value is -1.90. The second-order valence-electron chi connectivity index (χ2n) is 6.25. The van der Waals surface area contributed by atoms with Crippen LogP contribution in [-0.2, 0) is 6.54 Å². The van der Waals surface area contributed by atoms with E-state index in [1.54, 1.807) is 0 Å². The Morgan fingerprint density at radius 2 is 1.48 bits per heavy atom. The van der Waals surface area contributed by atoms with E-state index in [0.29, 0.717) is 6.04 Å². The first-order chi connectivity index (χ1) is 11.4. The van der Waals surface area contributed by atoms with Gasteiger partial charge in [-0.05, 0) is 17.5 Å². The molecule has 1 fully saturated rings. The van der Waals surface area contributed by atoms with Crippen molar-refractivity contribution in [2.45, 2.75) is 19.0 Å². The smallest absolute Gasteiger partial charge is 0.0383 e. The summed E-state index contributed by atoms with van der Waals surface area (Å²) in [5.74, 6) is 0. The van der Waals surface area contributed by atoms with Crippen LogP contribution >= 0.6 is 0 Å². The standard InChI is InChI=1S/C21H26N2/c1-2-9-21(20-12-7-4-8-13-20)23-16-14-22(15-17-23)18-19-10-5-3-6-11-19/h2-8,10-13,21H,1,9,14-18H2. The summed E-state index contributed by atoms with van der Waals surface area (Å²) in [6, 6.07) is 22.1. The molecule has 0 aliphatic carbocycles. The Bertz CT molecular complexity index is 586. The molecule has 0 spiro atoms. The lowest BCUT2D eigenvalue weighted by Gasteiger charge is -2.39. The molecular formula is C21H26N2. The molecule has 1 aliphatic heterocycles. The maximum absolute atomic E-state index is 3.95. The molecule has 1 heterocycles. The monoisotopic (exact) mass is 306 g/mol. The van der Waals surface area contributed by atoms with Gasteiger partial charge in [-0.25, -0.2) is 0 Å². The lowest BCUT2D eigenvalue weighted by molar-refractivity contribution is 0.0922. The topological polar surface area (TPSA) is 6.48 Å². The molecule has 1 atom stereocenters. The van der Waals surface area contributed by atoms with Gasteiger partial charge in [-0.2, -0.15) is 0 Å². The fraction of sp³-hybridized carbons (Fsp3) is 0.333. The minimum atomic E-state index is 0.465. The van der Waals surface area contributed by atoms with Gasteiger partial charge >= 0.3 is 0 Å². The molecule has 1 aliphatic rings. The molecule has 120 valence electrons. The Balaban J connectivity index is 1.59. The molecule has 0 radical (unpaired) electrons. The maximum atomic E-state index is 3.95. The van der Waals surface area contributed by atoms with Crippen molar-refractivity contribution in [3.05, 3.63) is 84.4 Å². The highest BCUT2D eigenvalue weighted by atomic mass is 15.3. The highest BCUT2D eigenvalue weighted by Gasteiger charge is 2.24. The van der Waals surface area contributed by atoms with Crippen LogP contribution in [0, 0.1) is 0 Å². The van der Waals surface area contributed by atoms with Gasteiger partial charge in [-0.15, -0.1) is 6.58 Å². The molecule has 1 unspecified atom stereocenters. The van der Waals surface area contributed by atoms with Gasteiger partial charge in [0.25, 0.3) is 0 Å². The summed E-state index contributed by atoms with van der Waals surface area (Å²) >= 11 is 0. The summed E-state index contributed by atoms with van der Waals surface area (Å²) in [4.78, 5) is 5.17. The van der Waals surface area contributed by atoms with E-state index < -0.39 is 0 Å². The van der Waals surface area contributed by atoms with Gasteiger partial charge in [0.15, 0.2) is 0 Å². The third-order valence-corrected chi connectivity index (χ3v) is 4.67. The number of rotatable bonds is 6. The van der Waals surface area contributed by atoms with Gasteiger partial charge in [0.1, 0.15) is 0 Å². The maximum Gasteiger partial charge on any atom is 0.0383 e. The Morgan fingerprint density at radius 3 is 2.09 bits per heavy atom. The van der Waals surface area contributed by atoms with Gasteiger partial charge in [0.05, 0.1) is 0 Å². The SMILES string of the molecule is C=CCC(c1ccccc1)N1CCN(Cc2ccccc2)CC1. The number of benzene rings is 2. The molecule has 2 aromatic carbocycles. The third kappa shape index (κ3) is 4.31. The van der Waals surface area contributed by atoms with Crippen molar-refractivity contribution >= 4 is 0 Å². The van der Waals surface area contributed by atoms with Crippen molar-refractivity contribution < 1.29 is 0 Å². The van der Waals surface area contributed by atoms with Gasteiger partial charge in [0, 0.05) is 38.8 Å². The molecule has 0 aromatic heterocycles. The highest BCUT2D eigenvalue weighted by Crippen LogP contribution is 2.26. The van der Waals surface area contributed by atoms with E-state index in [0.717, 1.165) is 39.1 Å². The summed E-state index contributed by atoms with van der Waals surface area (Å²) in [6.45, 7) is 9.54. The second kappa shape index (κ2) is 8.09. The lowest BCUT2D eigenvalue weighted by atomic mass is 10.0. The first kappa shape index (κ1) is 16.0. The normalized spacial score (nSPS) is 17.7. The summed E-state index contributed by atoms with van der Waals surface area (Å²) in [5.41, 5.74) is 2.82. The molecule has 23 heavy (non-hydrogen) atoms. The minimum Gasteiger partial charge on any atom is -0.297 e. The Kier molecular flexibility index (Phi) is 5.62. The molecule has 1 saturated heterocycles. The van der Waals surface area contributed by atoms with Gasteiger partial charge in [0.2, 0.25) is 0 Å². The van der Waals surface area contributed by atoms with Gasteiger partial charge in [-0.3, -0.25) is 9.80 Å². The Labute approximate surface area is 140 Å². The zero-order valence-electron chi connectivity index (χ0n) is 13.8. The molecular weight excluding hydrogens is 280 g/mol. The predicted octanol–water partition coefficient (Wildman–Crippen LogP) is 4.12. The summed E-state index contributed by atoms with van der Waals surface area (Å²) in [7, 11) is 0. The Morgan fingerprint density at radius 1 is 0.870 bits per heavy atom. The quantitative estimate of drug-likeness (QED) is 0.741. The first-order valence-corrected chi connectivity index (χ1v) is 8.53. The number of hydrogen-bond acceptors (Lipinski definition) is 2. The molecule has 2 aromatic rings. The lowest BCUT2D eigenvalue weighted by Crippen LogP contribution is -2.47. The van der Waals surface area contributed by atoms with Gasteiger partial charge < -0.3 is 0 Å². The van der Waals surface area contributed by atoms with Crippen molar-refractivity contribution in [2.75, 3.05) is 26.2 Å². The van der Waals surface area contributed by atoms with E-state index in [4.69, 9.17) is 0 Å². The van der Waals surface area contributed by atoms with E-state index in [-0.39, 0.29) is 0 Å². The average molecular weight is 306 g/mol. The van der Waals surface area contributed by atoms with E-state index in [1.165, 1.54) is 11.1 Å². The van der Waals surface area contributed by atoms with Crippen molar-refractivity contribution in [1.82, 2.24) is 9.80 Å². The molecule has 0 bridgehead atoms. The van der Waals surface area contributed by atoms with E-state index in [2.05, 4.69) is 77.0 Å². The molecule has 0 amide bonds. The third-order valence-electron chi connectivity index (χ3n) is 4.67. The second-order valence-corrected chi connectivity index (χ2v) is 6.25. The van der Waals surface area contributed by atoms with Crippen LogP contribution in [0.3, 0.4) is 0 Å². The van der Waals surface area contributed by atoms with E-state index in [9.17, 15) is 0 Å². The van der Waals surface area contributed by atoms with Gasteiger partial charge in [-0.1, -0.05) is 66.7 Å². The molecule has 2 heteroatoms. The van der Waals surface area contributed by atoms with E-state index in [1.807, 2.05) is 6.08 Å². The van der Waals surface area contributed by atoms with Crippen molar-refractivity contribution in [2.24, 2.45) is 0 Å². The first-order valence-electron chi connectivity index (χ1n) is 8.53. The van der Waals surface area contributed by atoms with Crippen LogP contribution in [0.2, 0.25) is 0 Å². The highest BCUT2D eigenvalue weighted by molar-refractivity contribution is 5.20. The zero-order chi connectivity index (χ0) is 15.9. The average Bonchev–Trinajstić information content (AvgIpc) is 2.62. The van der Waals surface area contributed by atoms with Crippen LogP contribution in [0.4, 0.5) is 0 Å². The number of piperazine rings is 1. The molecule has 0 N–H and O–H groups in total. The predicted molar refractivity (Wildman–Crippen MR) is 97.3 cm³/mol. The van der Waals surface area contributed by atoms with Crippen LogP contribution in [-0.4, -0.2) is 36.0 Å². The van der Waals surface area contributed by atoms with Crippen molar-refractivity contribution in [3.8, 4) is 0 Å². The summed E-state index contributed by atoms with van der Waals surface area (Å²) in [6.07, 6.45) is 3.07. The molecule has 0 saturated carbocycles. The minimum absolute atomic E-state index is 0.465. The fourth-order valence-electron chi connectivity index (χ4n) is 3.40. The van der Waals surface area contributed by atoms with Crippen molar-refractivity contribution in [1.29, 1.82) is 0 Å². The summed E-state index contributed by atoms with van der Waals surface area (Å²) < 4.78 is 0. The molecule has 3 rings (SSSR count). The van der Waals surface area contributed by atoms with Crippen LogP contribution in [0.5, 0.6) is 0 Å². The van der Waals surface area contributed by atoms with Crippen LogP contribution in [0.25, 0.3) is 0 Å². The fourth-order valence-corrected chi connectivity index (χ4v) is 3.40. The zero-order valence-corrected chi connectivity index (χ0v) is 13.8. The number of hydrogen-bond donors (Lipinski definition) is 0. The number of nitrogens with zero attached hydrogens (tertiary/aromatic N) is 2. The van der Waals surface area contributed by atoms with Crippen molar-refractivity contribution in [3.63, 3.8) is 0 Å². The molecule has 2 nitrogen and oxygen atoms in total. The van der Waals surface area contributed by atoms with Crippen LogP contribution in [0.15, 0.2) is 73.3 Å². The van der Waals surface area contributed by atoms with E-state index >= 15 is 0 Å². The summed E-state index contributed by atoms with van der Waals surface area (Å²) in [5, 5.41) is 0. The van der Waals surface area contributed by atoms with Crippen LogP contribution < -0.4 is 0 Å². The van der Waals surface area contributed by atoms with Crippen LogP contribution in [0.1, 0.15) is 23.6 Å².